The van der Waals surface area contributed by atoms with Crippen LogP contribution in [0, 0.1) is 0 Å². The SMILES string of the molecule is CC(O)CN(CCc1ccc(OCP(=O)(O)CCCOc2ccccc2)cc1)Oc1cccc(CO)c1. The Balaban J connectivity index is 1.43. The van der Waals surface area contributed by atoms with E-state index in [-0.39, 0.29) is 19.1 Å². The van der Waals surface area contributed by atoms with Crippen molar-refractivity contribution >= 4 is 7.37 Å². The summed E-state index contributed by atoms with van der Waals surface area (Å²) < 4.78 is 23.6. The van der Waals surface area contributed by atoms with Crippen LogP contribution in [0.4, 0.5) is 0 Å². The summed E-state index contributed by atoms with van der Waals surface area (Å²) in [5.74, 6) is 1.86. The van der Waals surface area contributed by atoms with Crippen molar-refractivity contribution in [2.45, 2.75) is 32.5 Å². The van der Waals surface area contributed by atoms with E-state index in [2.05, 4.69) is 0 Å². The van der Waals surface area contributed by atoms with E-state index >= 15 is 0 Å². The number of aliphatic hydroxyl groups excluding tert-OH is 2. The van der Waals surface area contributed by atoms with E-state index < -0.39 is 13.5 Å². The molecule has 0 aliphatic rings. The molecule has 0 bridgehead atoms. The Hall–Kier alpha value is -2.87. The Morgan fingerprint density at radius 1 is 0.892 bits per heavy atom. The van der Waals surface area contributed by atoms with Gasteiger partial charge in [0.1, 0.15) is 17.2 Å². The second-order valence-electron chi connectivity index (χ2n) is 8.89. The van der Waals surface area contributed by atoms with Gasteiger partial charge in [-0.05, 0) is 67.3 Å². The van der Waals surface area contributed by atoms with Crippen molar-refractivity contribution < 1.29 is 34.0 Å². The largest absolute Gasteiger partial charge is 0.494 e. The molecule has 3 aromatic rings. The van der Waals surface area contributed by atoms with Crippen molar-refractivity contribution in [1.82, 2.24) is 5.06 Å². The molecule has 0 saturated heterocycles. The molecule has 3 rings (SSSR count). The van der Waals surface area contributed by atoms with Crippen molar-refractivity contribution in [2.75, 3.05) is 32.2 Å². The highest BCUT2D eigenvalue weighted by Crippen LogP contribution is 2.41. The van der Waals surface area contributed by atoms with Gasteiger partial charge in [0.2, 0.25) is 7.37 Å². The van der Waals surface area contributed by atoms with E-state index in [9.17, 15) is 19.7 Å². The highest BCUT2D eigenvalue weighted by molar-refractivity contribution is 7.57. The van der Waals surface area contributed by atoms with Crippen LogP contribution >= 0.6 is 7.37 Å². The lowest BCUT2D eigenvalue weighted by molar-refractivity contribution is -0.0806. The normalized spacial score (nSPS) is 13.6. The summed E-state index contributed by atoms with van der Waals surface area (Å²) in [5.41, 5.74) is 1.78. The lowest BCUT2D eigenvalue weighted by Crippen LogP contribution is -2.35. The van der Waals surface area contributed by atoms with Gasteiger partial charge in [-0.2, -0.15) is 0 Å². The Morgan fingerprint density at radius 3 is 2.30 bits per heavy atom. The topological polar surface area (TPSA) is 109 Å². The summed E-state index contributed by atoms with van der Waals surface area (Å²) in [4.78, 5) is 16.1. The Bertz CT molecular complexity index is 1110. The minimum atomic E-state index is -3.43. The fourth-order valence-corrected chi connectivity index (χ4v) is 4.69. The zero-order valence-corrected chi connectivity index (χ0v) is 22.0. The summed E-state index contributed by atoms with van der Waals surface area (Å²) in [6, 6.07) is 23.9. The molecule has 3 N–H and O–H groups in total. The van der Waals surface area contributed by atoms with Crippen LogP contribution in [0.3, 0.4) is 0 Å². The van der Waals surface area contributed by atoms with Crippen LogP contribution < -0.4 is 14.3 Å². The van der Waals surface area contributed by atoms with Crippen molar-refractivity contribution in [1.29, 1.82) is 0 Å². The van der Waals surface area contributed by atoms with Crippen molar-refractivity contribution in [3.8, 4) is 17.2 Å². The average molecular weight is 530 g/mol. The molecule has 0 saturated carbocycles. The zero-order chi connectivity index (χ0) is 26.5. The second-order valence-corrected chi connectivity index (χ2v) is 11.3. The fraction of sp³-hybridized carbons (Fsp3) is 0.357. The van der Waals surface area contributed by atoms with Crippen LogP contribution in [0.5, 0.6) is 17.2 Å². The minimum Gasteiger partial charge on any atom is -0.494 e. The molecule has 0 heterocycles. The number of benzene rings is 3. The number of nitrogens with zero attached hydrogens (tertiary/aromatic N) is 1. The zero-order valence-electron chi connectivity index (χ0n) is 21.1. The number of hydrogen-bond acceptors (Lipinski definition) is 7. The quantitative estimate of drug-likeness (QED) is 0.142. The maximum atomic E-state index is 12.4. The van der Waals surface area contributed by atoms with Crippen LogP contribution in [0.2, 0.25) is 0 Å². The summed E-state index contributed by atoms with van der Waals surface area (Å²) >= 11 is 0. The van der Waals surface area contributed by atoms with E-state index in [1.165, 1.54) is 0 Å². The predicted molar refractivity (Wildman–Crippen MR) is 143 cm³/mol. The van der Waals surface area contributed by atoms with Gasteiger partial charge in [-0.15, -0.1) is 5.06 Å². The number of para-hydroxylation sites is 1. The van der Waals surface area contributed by atoms with Crippen LogP contribution in [-0.4, -0.2) is 58.5 Å². The summed E-state index contributed by atoms with van der Waals surface area (Å²) in [6.07, 6.45) is 0.419. The van der Waals surface area contributed by atoms with Gasteiger partial charge in [0.15, 0.2) is 6.35 Å². The lowest BCUT2D eigenvalue weighted by Gasteiger charge is -2.24. The molecular weight excluding hydrogens is 493 g/mol. The molecule has 0 aliphatic carbocycles. The molecule has 200 valence electrons. The maximum absolute atomic E-state index is 12.4. The third kappa shape index (κ3) is 11.0. The molecule has 0 aliphatic heterocycles. The van der Waals surface area contributed by atoms with E-state index in [1.54, 1.807) is 36.3 Å². The van der Waals surface area contributed by atoms with Crippen LogP contribution in [0.25, 0.3) is 0 Å². The van der Waals surface area contributed by atoms with E-state index in [4.69, 9.17) is 14.3 Å². The Morgan fingerprint density at radius 2 is 1.59 bits per heavy atom. The van der Waals surface area contributed by atoms with E-state index in [1.807, 2.05) is 54.6 Å². The third-order valence-corrected chi connectivity index (χ3v) is 7.00. The van der Waals surface area contributed by atoms with E-state index in [0.29, 0.717) is 44.0 Å². The highest BCUT2D eigenvalue weighted by Gasteiger charge is 2.19. The summed E-state index contributed by atoms with van der Waals surface area (Å²) in [5, 5.41) is 20.9. The molecule has 9 heteroatoms. The van der Waals surface area contributed by atoms with Crippen LogP contribution in [0.1, 0.15) is 24.5 Å². The highest BCUT2D eigenvalue weighted by atomic mass is 31.2. The molecule has 0 amide bonds. The predicted octanol–water partition coefficient (Wildman–Crippen LogP) is 4.47. The molecule has 0 spiro atoms. The lowest BCUT2D eigenvalue weighted by atomic mass is 10.1. The molecular formula is C28H36NO7P. The Kier molecular flexibility index (Phi) is 11.5. The van der Waals surface area contributed by atoms with E-state index in [0.717, 1.165) is 16.9 Å². The smallest absolute Gasteiger partial charge is 0.237 e. The van der Waals surface area contributed by atoms with Gasteiger partial charge >= 0.3 is 0 Å². The summed E-state index contributed by atoms with van der Waals surface area (Å²) in [7, 11) is -3.43. The third-order valence-electron chi connectivity index (χ3n) is 5.45. The number of rotatable bonds is 16. The molecule has 0 aromatic heterocycles. The van der Waals surface area contributed by atoms with Gasteiger partial charge in [0, 0.05) is 12.7 Å². The van der Waals surface area contributed by atoms with Crippen LogP contribution in [0.15, 0.2) is 78.9 Å². The van der Waals surface area contributed by atoms with Crippen molar-refractivity contribution in [3.05, 3.63) is 90.0 Å². The van der Waals surface area contributed by atoms with Gasteiger partial charge in [-0.3, -0.25) is 4.57 Å². The van der Waals surface area contributed by atoms with Gasteiger partial charge in [0.05, 0.1) is 25.9 Å². The summed E-state index contributed by atoms with van der Waals surface area (Å²) in [6.45, 7) is 2.85. The molecule has 0 fully saturated rings. The first kappa shape index (κ1) is 28.7. The van der Waals surface area contributed by atoms with Gasteiger partial charge in [0.25, 0.3) is 0 Å². The van der Waals surface area contributed by atoms with Crippen LogP contribution in [-0.2, 0) is 17.6 Å². The molecule has 8 nitrogen and oxygen atoms in total. The van der Waals surface area contributed by atoms with Crippen molar-refractivity contribution in [3.63, 3.8) is 0 Å². The Labute approximate surface area is 218 Å². The fourth-order valence-electron chi connectivity index (χ4n) is 3.58. The first-order valence-electron chi connectivity index (χ1n) is 12.3. The number of ether oxygens (including phenoxy) is 2. The molecule has 2 atom stereocenters. The maximum Gasteiger partial charge on any atom is 0.237 e. The minimum absolute atomic E-state index is 0.0730. The van der Waals surface area contributed by atoms with Crippen molar-refractivity contribution in [2.24, 2.45) is 0 Å². The molecule has 0 radical (unpaired) electrons. The van der Waals surface area contributed by atoms with Gasteiger partial charge < -0.3 is 29.4 Å². The second kappa shape index (κ2) is 14.8. The monoisotopic (exact) mass is 529 g/mol. The number of hydroxylamine groups is 2. The molecule has 37 heavy (non-hydrogen) atoms. The molecule has 2 unspecified atom stereocenters. The number of hydrogen-bond donors (Lipinski definition) is 3. The van der Waals surface area contributed by atoms with Gasteiger partial charge in [-0.1, -0.05) is 42.5 Å². The first-order chi connectivity index (χ1) is 17.8. The standard InChI is InChI=1S/C28H36NO7P/c1-23(31)20-29(36-28-10-5-7-25(19-28)21-30)16-15-24-11-13-27(14-12-24)35-22-37(32,33)18-6-17-34-26-8-3-2-4-9-26/h2-5,7-14,19,23,30-31H,6,15-18,20-22H2,1H3,(H,32,33). The first-order valence-corrected chi connectivity index (χ1v) is 14.4. The number of aliphatic hydroxyl groups is 2. The van der Waals surface area contributed by atoms with Gasteiger partial charge in [-0.25, -0.2) is 0 Å². The molecule has 3 aromatic carbocycles. The average Bonchev–Trinajstić information content (AvgIpc) is 2.90.